The van der Waals surface area contributed by atoms with E-state index in [0.717, 1.165) is 55.7 Å². The maximum atomic E-state index is 6.46. The molecule has 0 radical (unpaired) electrons. The lowest BCUT2D eigenvalue weighted by Gasteiger charge is -2.26. The van der Waals surface area contributed by atoms with Crippen molar-refractivity contribution < 1.29 is 4.42 Å². The monoisotopic (exact) mass is 663 g/mol. The van der Waals surface area contributed by atoms with Crippen molar-refractivity contribution in [3.05, 3.63) is 200 Å². The van der Waals surface area contributed by atoms with Crippen LogP contribution < -0.4 is 4.90 Å². The van der Waals surface area contributed by atoms with Crippen LogP contribution in [-0.4, -0.2) is 0 Å². The molecule has 0 saturated carbocycles. The Morgan fingerprint density at radius 2 is 0.904 bits per heavy atom. The molecule has 10 aromatic rings. The zero-order valence-corrected chi connectivity index (χ0v) is 28.4. The maximum Gasteiger partial charge on any atom is 0.143 e. The van der Waals surface area contributed by atoms with Gasteiger partial charge in [-0.25, -0.2) is 0 Å². The Morgan fingerprint density at radius 3 is 1.75 bits per heavy atom. The van der Waals surface area contributed by atoms with E-state index in [1.54, 1.807) is 0 Å². The average Bonchev–Trinajstić information content (AvgIpc) is 3.61. The predicted molar refractivity (Wildman–Crippen MR) is 220 cm³/mol. The van der Waals surface area contributed by atoms with E-state index in [4.69, 9.17) is 4.42 Å². The van der Waals surface area contributed by atoms with Crippen molar-refractivity contribution in [3.8, 4) is 33.4 Å². The average molecular weight is 664 g/mol. The van der Waals surface area contributed by atoms with Crippen molar-refractivity contribution in [1.29, 1.82) is 0 Å². The lowest BCUT2D eigenvalue weighted by Crippen LogP contribution is -2.09. The number of hydrogen-bond acceptors (Lipinski definition) is 2. The minimum absolute atomic E-state index is 0.908. The summed E-state index contributed by atoms with van der Waals surface area (Å²) in [5, 5.41) is 7.32. The lowest BCUT2D eigenvalue weighted by molar-refractivity contribution is 0.670. The fourth-order valence-electron chi connectivity index (χ4n) is 7.85. The largest absolute Gasteiger partial charge is 0.455 e. The van der Waals surface area contributed by atoms with Gasteiger partial charge in [0.2, 0.25) is 0 Å². The molecule has 244 valence electrons. The molecule has 2 heteroatoms. The molecule has 0 aliphatic carbocycles. The van der Waals surface area contributed by atoms with E-state index in [1.807, 2.05) is 12.1 Å². The molecular weight excluding hydrogens is 631 g/mol. The Bertz CT molecular complexity index is 2900. The summed E-state index contributed by atoms with van der Waals surface area (Å²) in [6.07, 6.45) is 0. The number of para-hydroxylation sites is 3. The molecule has 0 fully saturated rings. The summed E-state index contributed by atoms with van der Waals surface area (Å²) in [6, 6.07) is 71.6. The quantitative estimate of drug-likeness (QED) is 0.165. The van der Waals surface area contributed by atoms with Gasteiger partial charge in [-0.3, -0.25) is 0 Å². The summed E-state index contributed by atoms with van der Waals surface area (Å²) < 4.78 is 6.46. The minimum Gasteiger partial charge on any atom is -0.455 e. The van der Waals surface area contributed by atoms with E-state index in [1.165, 1.54) is 38.2 Å². The number of anilines is 3. The van der Waals surface area contributed by atoms with Crippen LogP contribution in [0.4, 0.5) is 17.1 Å². The standard InChI is InChI=1S/C50H33NO/c1-2-16-37(17-3-1)51(39-18-12-15-35(32-39)48-33-36-14-4-5-20-41(36)42-21-8-9-23-44(42)48)38-30-28-34(29-31-38)40-19-6-7-22-43(40)46-25-13-26-47-45-24-10-11-27-49(45)52-50(46)47/h1-33H. The second-order valence-electron chi connectivity index (χ2n) is 13.3. The third-order valence-electron chi connectivity index (χ3n) is 10.3. The van der Waals surface area contributed by atoms with Gasteiger partial charge in [0.1, 0.15) is 11.2 Å². The zero-order valence-electron chi connectivity index (χ0n) is 28.4. The molecule has 0 aliphatic heterocycles. The molecule has 0 bridgehead atoms. The highest BCUT2D eigenvalue weighted by Crippen LogP contribution is 2.42. The molecule has 2 nitrogen and oxygen atoms in total. The molecule has 0 spiro atoms. The van der Waals surface area contributed by atoms with Crippen LogP contribution in [0.3, 0.4) is 0 Å². The predicted octanol–water partition coefficient (Wildman–Crippen LogP) is 14.4. The summed E-state index contributed by atoms with van der Waals surface area (Å²) in [7, 11) is 0. The number of hydrogen-bond donors (Lipinski definition) is 0. The number of nitrogens with zero attached hydrogens (tertiary/aromatic N) is 1. The minimum atomic E-state index is 0.908. The van der Waals surface area contributed by atoms with Crippen LogP contribution in [0.2, 0.25) is 0 Å². The van der Waals surface area contributed by atoms with Gasteiger partial charge in [-0.05, 0) is 97.9 Å². The molecule has 52 heavy (non-hydrogen) atoms. The van der Waals surface area contributed by atoms with Crippen molar-refractivity contribution in [3.63, 3.8) is 0 Å². The van der Waals surface area contributed by atoms with Crippen molar-refractivity contribution in [1.82, 2.24) is 0 Å². The third-order valence-corrected chi connectivity index (χ3v) is 10.3. The second-order valence-corrected chi connectivity index (χ2v) is 13.3. The molecule has 0 amide bonds. The van der Waals surface area contributed by atoms with Gasteiger partial charge in [-0.15, -0.1) is 0 Å². The number of benzene rings is 9. The van der Waals surface area contributed by atoms with Gasteiger partial charge in [0.25, 0.3) is 0 Å². The van der Waals surface area contributed by atoms with Crippen LogP contribution >= 0.6 is 0 Å². The maximum absolute atomic E-state index is 6.46. The first-order valence-electron chi connectivity index (χ1n) is 17.8. The molecule has 10 rings (SSSR count). The number of furan rings is 1. The van der Waals surface area contributed by atoms with Crippen LogP contribution in [0, 0.1) is 0 Å². The van der Waals surface area contributed by atoms with Crippen molar-refractivity contribution in [2.75, 3.05) is 4.90 Å². The molecule has 0 aliphatic rings. The fraction of sp³-hybridized carbons (Fsp3) is 0. The van der Waals surface area contributed by atoms with Crippen molar-refractivity contribution >= 4 is 60.5 Å². The second kappa shape index (κ2) is 12.5. The molecule has 0 atom stereocenters. The smallest absolute Gasteiger partial charge is 0.143 e. The van der Waals surface area contributed by atoms with Gasteiger partial charge < -0.3 is 9.32 Å². The molecule has 1 aromatic heterocycles. The Balaban J connectivity index is 1.08. The SMILES string of the molecule is c1ccc(N(c2ccc(-c3ccccc3-c3cccc4c3oc3ccccc34)cc2)c2cccc(-c3cc4ccccc4c4ccccc34)c2)cc1. The van der Waals surface area contributed by atoms with Crippen LogP contribution in [0.1, 0.15) is 0 Å². The topological polar surface area (TPSA) is 16.4 Å². The van der Waals surface area contributed by atoms with E-state index in [9.17, 15) is 0 Å². The number of fused-ring (bicyclic) bond motifs is 6. The van der Waals surface area contributed by atoms with E-state index in [0.29, 0.717) is 0 Å². The first kappa shape index (κ1) is 30.0. The van der Waals surface area contributed by atoms with Gasteiger partial charge in [0.15, 0.2) is 0 Å². The fourth-order valence-corrected chi connectivity index (χ4v) is 7.85. The van der Waals surface area contributed by atoms with Crippen LogP contribution in [0.5, 0.6) is 0 Å². The summed E-state index contributed by atoms with van der Waals surface area (Å²) in [6.45, 7) is 0. The Hall–Kier alpha value is -6.90. The normalized spacial score (nSPS) is 11.5. The van der Waals surface area contributed by atoms with Crippen molar-refractivity contribution in [2.24, 2.45) is 0 Å². The zero-order chi connectivity index (χ0) is 34.4. The van der Waals surface area contributed by atoms with Gasteiger partial charge in [-0.2, -0.15) is 0 Å². The highest BCUT2D eigenvalue weighted by Gasteiger charge is 2.18. The van der Waals surface area contributed by atoms with E-state index >= 15 is 0 Å². The first-order chi connectivity index (χ1) is 25.8. The van der Waals surface area contributed by atoms with Crippen LogP contribution in [0.25, 0.3) is 76.9 Å². The van der Waals surface area contributed by atoms with E-state index in [2.05, 4.69) is 193 Å². The third kappa shape index (κ3) is 5.04. The molecule has 9 aromatic carbocycles. The summed E-state index contributed by atoms with van der Waals surface area (Å²) >= 11 is 0. The van der Waals surface area contributed by atoms with Crippen molar-refractivity contribution in [2.45, 2.75) is 0 Å². The Labute approximate surface area is 302 Å². The van der Waals surface area contributed by atoms with E-state index in [-0.39, 0.29) is 0 Å². The highest BCUT2D eigenvalue weighted by molar-refractivity contribution is 6.14. The molecule has 1 heterocycles. The van der Waals surface area contributed by atoms with Crippen LogP contribution in [-0.2, 0) is 0 Å². The van der Waals surface area contributed by atoms with Gasteiger partial charge in [-0.1, -0.05) is 152 Å². The van der Waals surface area contributed by atoms with Gasteiger partial charge >= 0.3 is 0 Å². The molecule has 0 saturated heterocycles. The summed E-state index contributed by atoms with van der Waals surface area (Å²) in [4.78, 5) is 2.34. The highest BCUT2D eigenvalue weighted by atomic mass is 16.3. The van der Waals surface area contributed by atoms with Crippen LogP contribution in [0.15, 0.2) is 205 Å². The van der Waals surface area contributed by atoms with E-state index < -0.39 is 0 Å². The molecular formula is C50H33NO. The lowest BCUT2D eigenvalue weighted by atomic mass is 9.93. The Morgan fingerprint density at radius 1 is 0.308 bits per heavy atom. The summed E-state index contributed by atoms with van der Waals surface area (Å²) in [5.41, 5.74) is 12.1. The summed E-state index contributed by atoms with van der Waals surface area (Å²) in [5.74, 6) is 0. The van der Waals surface area contributed by atoms with Gasteiger partial charge in [0.05, 0.1) is 0 Å². The molecule has 0 unspecified atom stereocenters. The van der Waals surface area contributed by atoms with Gasteiger partial charge in [0, 0.05) is 33.4 Å². The first-order valence-corrected chi connectivity index (χ1v) is 17.8. The molecule has 0 N–H and O–H groups in total. The number of rotatable bonds is 6. The Kier molecular flexibility index (Phi) is 7.18.